The molecule has 2 rings (SSSR count). The van der Waals surface area contributed by atoms with Crippen LogP contribution in [0.3, 0.4) is 0 Å². The molecule has 2 fully saturated rings. The second-order valence-electron chi connectivity index (χ2n) is 5.41. The molecule has 17 heavy (non-hydrogen) atoms. The van der Waals surface area contributed by atoms with E-state index in [1.165, 1.54) is 38.5 Å². The Bertz CT molecular complexity index is 254. The molecule has 2 unspecified atom stereocenters. The van der Waals surface area contributed by atoms with Crippen LogP contribution in [-0.4, -0.2) is 28.4 Å². The second-order valence-corrected chi connectivity index (χ2v) is 5.82. The smallest absolute Gasteiger partial charge is 0.166 e. The molecule has 0 radical (unpaired) electrons. The number of thiocarbonyl (C=S) groups is 1. The van der Waals surface area contributed by atoms with Crippen molar-refractivity contribution in [2.45, 2.75) is 76.0 Å². The third-order valence-corrected chi connectivity index (χ3v) is 4.22. The van der Waals surface area contributed by atoms with Crippen LogP contribution in [0.4, 0.5) is 0 Å². The van der Waals surface area contributed by atoms with Crippen LogP contribution in [0.15, 0.2) is 0 Å². The Labute approximate surface area is 109 Å². The zero-order valence-corrected chi connectivity index (χ0v) is 11.3. The number of hydrogen-bond acceptors (Lipinski definition) is 2. The van der Waals surface area contributed by atoms with Crippen molar-refractivity contribution in [1.29, 1.82) is 0 Å². The van der Waals surface area contributed by atoms with Crippen molar-refractivity contribution in [3.63, 3.8) is 0 Å². The van der Waals surface area contributed by atoms with Crippen LogP contribution in [-0.2, 0) is 0 Å². The lowest BCUT2D eigenvalue weighted by atomic mass is 9.92. The molecule has 0 saturated heterocycles. The Morgan fingerprint density at radius 1 is 0.882 bits per heavy atom. The first-order valence-corrected chi connectivity index (χ1v) is 7.41. The Kier molecular flexibility index (Phi) is 5.04. The number of rotatable bonds is 2. The first-order chi connectivity index (χ1) is 8.25. The van der Waals surface area contributed by atoms with Gasteiger partial charge < -0.3 is 15.7 Å². The lowest BCUT2D eigenvalue weighted by molar-refractivity contribution is 0.0995. The predicted octanol–water partition coefficient (Wildman–Crippen LogP) is 2.09. The standard InChI is InChI=1S/C13H24N2OS/c16-12-9-5-4-8-11(12)15-13(17)14-10-6-2-1-3-7-10/h10-12,16H,1-9H2,(H2,14,15,17). The average molecular weight is 256 g/mol. The molecule has 2 atom stereocenters. The van der Waals surface area contributed by atoms with E-state index in [9.17, 15) is 5.11 Å². The van der Waals surface area contributed by atoms with Gasteiger partial charge >= 0.3 is 0 Å². The van der Waals surface area contributed by atoms with Gasteiger partial charge in [-0.3, -0.25) is 0 Å². The fourth-order valence-corrected chi connectivity index (χ4v) is 3.24. The molecular formula is C13H24N2OS. The normalized spacial score (nSPS) is 30.9. The Balaban J connectivity index is 1.72. The maximum Gasteiger partial charge on any atom is 0.166 e. The van der Waals surface area contributed by atoms with E-state index in [1.807, 2.05) is 0 Å². The lowest BCUT2D eigenvalue weighted by Crippen LogP contribution is -2.51. The zero-order valence-electron chi connectivity index (χ0n) is 10.5. The topological polar surface area (TPSA) is 44.3 Å². The molecule has 0 aromatic heterocycles. The summed E-state index contributed by atoms with van der Waals surface area (Å²) >= 11 is 5.34. The molecule has 0 spiro atoms. The fraction of sp³-hybridized carbons (Fsp3) is 0.923. The predicted molar refractivity (Wildman–Crippen MR) is 74.0 cm³/mol. The summed E-state index contributed by atoms with van der Waals surface area (Å²) in [6, 6.07) is 0.705. The van der Waals surface area contributed by atoms with Crippen molar-refractivity contribution in [1.82, 2.24) is 10.6 Å². The average Bonchev–Trinajstić information content (AvgIpc) is 2.33. The van der Waals surface area contributed by atoms with Gasteiger partial charge in [-0.25, -0.2) is 0 Å². The first-order valence-electron chi connectivity index (χ1n) is 7.01. The monoisotopic (exact) mass is 256 g/mol. The van der Waals surface area contributed by atoms with Gasteiger partial charge in [-0.05, 0) is 37.9 Å². The van der Waals surface area contributed by atoms with Crippen LogP contribution >= 0.6 is 12.2 Å². The van der Waals surface area contributed by atoms with Crippen LogP contribution in [0.25, 0.3) is 0 Å². The van der Waals surface area contributed by atoms with Crippen molar-refractivity contribution in [3.05, 3.63) is 0 Å². The highest BCUT2D eigenvalue weighted by Gasteiger charge is 2.24. The summed E-state index contributed by atoms with van der Waals surface area (Å²) < 4.78 is 0. The molecule has 2 aliphatic rings. The van der Waals surface area contributed by atoms with Crippen molar-refractivity contribution in [2.75, 3.05) is 0 Å². The molecule has 98 valence electrons. The minimum Gasteiger partial charge on any atom is -0.391 e. The van der Waals surface area contributed by atoms with Crippen LogP contribution in [0.5, 0.6) is 0 Å². The number of hydrogen-bond donors (Lipinski definition) is 3. The lowest BCUT2D eigenvalue weighted by Gasteiger charge is -2.31. The highest BCUT2D eigenvalue weighted by molar-refractivity contribution is 7.80. The molecule has 0 amide bonds. The van der Waals surface area contributed by atoms with Crippen LogP contribution < -0.4 is 10.6 Å². The van der Waals surface area contributed by atoms with Crippen molar-refractivity contribution < 1.29 is 5.11 Å². The van der Waals surface area contributed by atoms with Crippen LogP contribution in [0.1, 0.15) is 57.8 Å². The summed E-state index contributed by atoms with van der Waals surface area (Å²) in [6.07, 6.45) is 10.5. The van der Waals surface area contributed by atoms with Crippen molar-refractivity contribution in [3.8, 4) is 0 Å². The van der Waals surface area contributed by atoms with Gasteiger partial charge in [-0.1, -0.05) is 32.1 Å². The van der Waals surface area contributed by atoms with Crippen molar-refractivity contribution >= 4 is 17.3 Å². The van der Waals surface area contributed by atoms with E-state index >= 15 is 0 Å². The third kappa shape index (κ3) is 4.11. The molecule has 3 N–H and O–H groups in total. The van der Waals surface area contributed by atoms with Gasteiger partial charge in [0, 0.05) is 6.04 Å². The Morgan fingerprint density at radius 3 is 2.24 bits per heavy atom. The van der Waals surface area contributed by atoms with Gasteiger partial charge in [-0.2, -0.15) is 0 Å². The summed E-state index contributed by atoms with van der Waals surface area (Å²) in [4.78, 5) is 0. The van der Waals surface area contributed by atoms with E-state index in [0.29, 0.717) is 6.04 Å². The van der Waals surface area contributed by atoms with Gasteiger partial charge in [-0.15, -0.1) is 0 Å². The molecule has 3 nitrogen and oxygen atoms in total. The summed E-state index contributed by atoms with van der Waals surface area (Å²) in [6.45, 7) is 0. The highest BCUT2D eigenvalue weighted by Crippen LogP contribution is 2.19. The zero-order chi connectivity index (χ0) is 12.1. The Morgan fingerprint density at radius 2 is 1.53 bits per heavy atom. The molecule has 0 aromatic rings. The quantitative estimate of drug-likeness (QED) is 0.662. The van der Waals surface area contributed by atoms with E-state index in [2.05, 4.69) is 10.6 Å². The van der Waals surface area contributed by atoms with Gasteiger partial charge in [0.05, 0.1) is 12.1 Å². The van der Waals surface area contributed by atoms with Crippen LogP contribution in [0.2, 0.25) is 0 Å². The highest BCUT2D eigenvalue weighted by atomic mass is 32.1. The molecule has 2 aliphatic carbocycles. The summed E-state index contributed by atoms with van der Waals surface area (Å²) in [5, 5.41) is 17.3. The van der Waals surface area contributed by atoms with E-state index in [4.69, 9.17) is 12.2 Å². The molecular weight excluding hydrogens is 232 g/mol. The Hall–Kier alpha value is -0.350. The number of aliphatic hydroxyl groups excluding tert-OH is 1. The van der Waals surface area contributed by atoms with E-state index in [1.54, 1.807) is 0 Å². The molecule has 0 aliphatic heterocycles. The van der Waals surface area contributed by atoms with Gasteiger partial charge in [0.2, 0.25) is 0 Å². The molecule has 0 heterocycles. The van der Waals surface area contributed by atoms with Gasteiger partial charge in [0.1, 0.15) is 0 Å². The summed E-state index contributed by atoms with van der Waals surface area (Å²) in [7, 11) is 0. The van der Waals surface area contributed by atoms with Crippen LogP contribution in [0, 0.1) is 0 Å². The third-order valence-electron chi connectivity index (χ3n) is 3.99. The second kappa shape index (κ2) is 6.55. The largest absolute Gasteiger partial charge is 0.391 e. The maximum absolute atomic E-state index is 9.87. The molecule has 4 heteroatoms. The van der Waals surface area contributed by atoms with Gasteiger partial charge in [0.15, 0.2) is 5.11 Å². The van der Waals surface area contributed by atoms with Gasteiger partial charge in [0.25, 0.3) is 0 Å². The molecule has 2 saturated carbocycles. The van der Waals surface area contributed by atoms with E-state index in [-0.39, 0.29) is 12.1 Å². The van der Waals surface area contributed by atoms with E-state index < -0.39 is 0 Å². The number of nitrogens with one attached hydrogen (secondary N) is 2. The number of aliphatic hydroxyl groups is 1. The summed E-state index contributed by atoms with van der Waals surface area (Å²) in [5.74, 6) is 0. The maximum atomic E-state index is 9.87. The van der Waals surface area contributed by atoms with E-state index in [0.717, 1.165) is 24.4 Å². The fourth-order valence-electron chi connectivity index (χ4n) is 2.92. The van der Waals surface area contributed by atoms with Crippen molar-refractivity contribution in [2.24, 2.45) is 0 Å². The molecule has 0 aromatic carbocycles. The summed E-state index contributed by atoms with van der Waals surface area (Å²) in [5.41, 5.74) is 0. The molecule has 0 bridgehead atoms. The first kappa shape index (κ1) is 13.1. The minimum absolute atomic E-state index is 0.160. The minimum atomic E-state index is -0.227. The SMILES string of the molecule is OC1CCCCC1NC(=S)NC1CCCCC1.